The summed E-state index contributed by atoms with van der Waals surface area (Å²) in [7, 11) is 0. The summed E-state index contributed by atoms with van der Waals surface area (Å²) in [6.45, 7) is 7.79. The minimum Gasteiger partial charge on any atom is -0.396 e. The second kappa shape index (κ2) is 3.86. The van der Waals surface area contributed by atoms with Crippen LogP contribution < -0.4 is 0 Å². The van der Waals surface area contributed by atoms with Gasteiger partial charge in [0.1, 0.15) is 5.78 Å². The molecule has 0 fully saturated rings. The van der Waals surface area contributed by atoms with Crippen LogP contribution in [0.25, 0.3) is 0 Å². The van der Waals surface area contributed by atoms with Crippen LogP contribution in [0.3, 0.4) is 0 Å². The SMILES string of the molecule is CC(CO)C(=O)CC(C)(C)C. The molecule has 0 aliphatic heterocycles. The molecular weight excluding hydrogens is 140 g/mol. The number of Topliss-reactive ketones (excluding diaryl/α,β-unsaturated/α-hetero) is 1. The van der Waals surface area contributed by atoms with Gasteiger partial charge in [-0.3, -0.25) is 4.79 Å². The molecule has 0 bridgehead atoms. The van der Waals surface area contributed by atoms with Crippen LogP contribution >= 0.6 is 0 Å². The summed E-state index contributed by atoms with van der Waals surface area (Å²) < 4.78 is 0. The molecule has 1 unspecified atom stereocenters. The third kappa shape index (κ3) is 4.96. The first-order valence-electron chi connectivity index (χ1n) is 4.00. The van der Waals surface area contributed by atoms with E-state index in [4.69, 9.17) is 5.11 Å². The van der Waals surface area contributed by atoms with Crippen LogP contribution in [0.4, 0.5) is 0 Å². The number of carbonyl (C=O) groups excluding carboxylic acids is 1. The molecule has 0 aliphatic rings. The van der Waals surface area contributed by atoms with Gasteiger partial charge in [0.2, 0.25) is 0 Å². The number of rotatable bonds is 3. The van der Waals surface area contributed by atoms with Crippen LogP contribution in [0.2, 0.25) is 0 Å². The van der Waals surface area contributed by atoms with E-state index in [-0.39, 0.29) is 23.7 Å². The molecular formula is C9H18O2. The molecule has 0 aromatic carbocycles. The first-order valence-corrected chi connectivity index (χ1v) is 4.00. The highest BCUT2D eigenvalue weighted by Gasteiger charge is 2.19. The molecule has 0 aromatic heterocycles. The molecule has 0 rings (SSSR count). The Kier molecular flexibility index (Phi) is 3.73. The van der Waals surface area contributed by atoms with Gasteiger partial charge in [-0.2, -0.15) is 0 Å². The van der Waals surface area contributed by atoms with Crippen molar-refractivity contribution >= 4 is 5.78 Å². The maximum absolute atomic E-state index is 11.2. The molecule has 0 amide bonds. The third-order valence-corrected chi connectivity index (χ3v) is 1.53. The Morgan fingerprint density at radius 2 is 1.91 bits per heavy atom. The van der Waals surface area contributed by atoms with Gasteiger partial charge in [0.15, 0.2) is 0 Å². The van der Waals surface area contributed by atoms with Crippen LogP contribution in [0.15, 0.2) is 0 Å². The Balaban J connectivity index is 3.88. The van der Waals surface area contributed by atoms with Crippen molar-refractivity contribution in [2.24, 2.45) is 11.3 Å². The number of hydrogen-bond acceptors (Lipinski definition) is 2. The lowest BCUT2D eigenvalue weighted by Crippen LogP contribution is -2.21. The molecule has 2 heteroatoms. The van der Waals surface area contributed by atoms with Gasteiger partial charge in [-0.05, 0) is 5.41 Å². The fourth-order valence-electron chi connectivity index (χ4n) is 0.799. The van der Waals surface area contributed by atoms with Crippen molar-refractivity contribution in [2.75, 3.05) is 6.61 Å². The summed E-state index contributed by atoms with van der Waals surface area (Å²) in [4.78, 5) is 11.2. The van der Waals surface area contributed by atoms with Gasteiger partial charge in [0.05, 0.1) is 6.61 Å². The topological polar surface area (TPSA) is 37.3 Å². The second-order valence-corrected chi connectivity index (χ2v) is 4.29. The fourth-order valence-corrected chi connectivity index (χ4v) is 0.799. The van der Waals surface area contributed by atoms with Gasteiger partial charge < -0.3 is 5.11 Å². The van der Waals surface area contributed by atoms with E-state index in [9.17, 15) is 4.79 Å². The van der Waals surface area contributed by atoms with Gasteiger partial charge in [0.25, 0.3) is 0 Å². The van der Waals surface area contributed by atoms with Gasteiger partial charge in [-0.25, -0.2) is 0 Å². The van der Waals surface area contributed by atoms with Crippen molar-refractivity contribution in [3.05, 3.63) is 0 Å². The molecule has 66 valence electrons. The van der Waals surface area contributed by atoms with Crippen molar-refractivity contribution in [1.82, 2.24) is 0 Å². The van der Waals surface area contributed by atoms with Crippen LogP contribution in [0.1, 0.15) is 34.1 Å². The van der Waals surface area contributed by atoms with Gasteiger partial charge >= 0.3 is 0 Å². The van der Waals surface area contributed by atoms with Crippen molar-refractivity contribution in [3.8, 4) is 0 Å². The van der Waals surface area contributed by atoms with Gasteiger partial charge in [0, 0.05) is 12.3 Å². The van der Waals surface area contributed by atoms with E-state index in [0.29, 0.717) is 6.42 Å². The minimum absolute atomic E-state index is 0.0328. The highest BCUT2D eigenvalue weighted by atomic mass is 16.3. The van der Waals surface area contributed by atoms with Crippen LogP contribution in [0, 0.1) is 11.3 Å². The largest absolute Gasteiger partial charge is 0.396 e. The molecule has 1 atom stereocenters. The maximum atomic E-state index is 11.2. The molecule has 0 spiro atoms. The number of aliphatic hydroxyl groups is 1. The minimum atomic E-state index is -0.200. The lowest BCUT2D eigenvalue weighted by molar-refractivity contribution is -0.125. The quantitative estimate of drug-likeness (QED) is 0.677. The standard InChI is InChI=1S/C9H18O2/c1-7(6-10)8(11)5-9(2,3)4/h7,10H,5-6H2,1-4H3. The number of ketones is 1. The zero-order valence-corrected chi connectivity index (χ0v) is 7.85. The smallest absolute Gasteiger partial charge is 0.138 e. The van der Waals surface area contributed by atoms with Crippen molar-refractivity contribution in [2.45, 2.75) is 34.1 Å². The maximum Gasteiger partial charge on any atom is 0.138 e. The molecule has 2 nitrogen and oxygen atoms in total. The van der Waals surface area contributed by atoms with E-state index >= 15 is 0 Å². The van der Waals surface area contributed by atoms with E-state index in [1.165, 1.54) is 0 Å². The zero-order valence-electron chi connectivity index (χ0n) is 7.85. The third-order valence-electron chi connectivity index (χ3n) is 1.53. The highest BCUT2D eigenvalue weighted by molar-refractivity contribution is 5.81. The lowest BCUT2D eigenvalue weighted by Gasteiger charge is -2.18. The van der Waals surface area contributed by atoms with Crippen molar-refractivity contribution in [1.29, 1.82) is 0 Å². The predicted octanol–water partition coefficient (Wildman–Crippen LogP) is 1.62. The van der Waals surface area contributed by atoms with Crippen molar-refractivity contribution < 1.29 is 9.90 Å². The Labute approximate surface area is 68.6 Å². The summed E-state index contributed by atoms with van der Waals surface area (Å²) in [5, 5.41) is 8.68. The molecule has 0 saturated heterocycles. The summed E-state index contributed by atoms with van der Waals surface area (Å²) in [6.07, 6.45) is 0.550. The molecule has 0 aromatic rings. The van der Waals surface area contributed by atoms with Crippen molar-refractivity contribution in [3.63, 3.8) is 0 Å². The fraction of sp³-hybridized carbons (Fsp3) is 0.889. The summed E-state index contributed by atoms with van der Waals surface area (Å²) in [6, 6.07) is 0. The highest BCUT2D eigenvalue weighted by Crippen LogP contribution is 2.20. The van der Waals surface area contributed by atoms with E-state index in [2.05, 4.69) is 0 Å². The Hall–Kier alpha value is -0.370. The average Bonchev–Trinajstić information content (AvgIpc) is 1.82. The van der Waals surface area contributed by atoms with E-state index in [1.807, 2.05) is 20.8 Å². The molecule has 0 heterocycles. The Morgan fingerprint density at radius 3 is 2.18 bits per heavy atom. The van der Waals surface area contributed by atoms with E-state index in [1.54, 1.807) is 6.92 Å². The van der Waals surface area contributed by atoms with Crippen LogP contribution in [-0.4, -0.2) is 17.5 Å². The van der Waals surface area contributed by atoms with E-state index < -0.39 is 0 Å². The second-order valence-electron chi connectivity index (χ2n) is 4.29. The van der Waals surface area contributed by atoms with E-state index in [0.717, 1.165) is 0 Å². The molecule has 1 N–H and O–H groups in total. The Bertz CT molecular complexity index is 133. The summed E-state index contributed by atoms with van der Waals surface area (Å²) in [5.41, 5.74) is 0.0422. The van der Waals surface area contributed by atoms with Gasteiger partial charge in [-0.1, -0.05) is 27.7 Å². The summed E-state index contributed by atoms with van der Waals surface area (Å²) >= 11 is 0. The number of hydrogen-bond donors (Lipinski definition) is 1. The molecule has 11 heavy (non-hydrogen) atoms. The van der Waals surface area contributed by atoms with Crippen LogP contribution in [0.5, 0.6) is 0 Å². The molecule has 0 saturated carbocycles. The average molecular weight is 158 g/mol. The molecule has 0 aliphatic carbocycles. The molecule has 0 radical (unpaired) electrons. The summed E-state index contributed by atoms with van der Waals surface area (Å²) in [5.74, 6) is -0.0470. The van der Waals surface area contributed by atoms with Crippen LogP contribution in [-0.2, 0) is 4.79 Å². The first-order chi connectivity index (χ1) is 4.87. The lowest BCUT2D eigenvalue weighted by atomic mass is 9.86. The normalized spacial score (nSPS) is 14.6. The monoisotopic (exact) mass is 158 g/mol. The Morgan fingerprint density at radius 1 is 1.45 bits per heavy atom. The first kappa shape index (κ1) is 10.6. The number of carbonyl (C=O) groups is 1. The zero-order chi connectivity index (χ0) is 9.07. The van der Waals surface area contributed by atoms with Gasteiger partial charge in [-0.15, -0.1) is 0 Å². The number of aliphatic hydroxyl groups excluding tert-OH is 1. The predicted molar refractivity (Wildman–Crippen MR) is 45.3 cm³/mol.